The van der Waals surface area contributed by atoms with Crippen molar-refractivity contribution in [3.63, 3.8) is 0 Å². The van der Waals surface area contributed by atoms with Gasteiger partial charge < -0.3 is 5.32 Å². The molecular formula is C27H22BrN3O2S. The Hall–Kier alpha value is -3.34. The quantitative estimate of drug-likeness (QED) is 0.336. The third-order valence-corrected chi connectivity index (χ3v) is 7.18. The van der Waals surface area contributed by atoms with Crippen LogP contribution >= 0.6 is 27.7 Å². The maximum Gasteiger partial charge on any atom is 0.264 e. The fraction of sp³-hybridized carbons (Fsp3) is 0.148. The number of hydrogen-bond donors (Lipinski definition) is 1. The summed E-state index contributed by atoms with van der Waals surface area (Å²) in [6.45, 7) is 2.30. The average molecular weight is 532 g/mol. The molecule has 3 aromatic rings. The summed E-state index contributed by atoms with van der Waals surface area (Å²) in [5.41, 5.74) is 3.63. The third kappa shape index (κ3) is 5.41. The SMILES string of the molecule is Cc1cccc(C[C@H]2S/C(=C(/C#N)C(=O)NCc3ccccc3)N(c3ccc(Br)cc3)C2=O)c1. The van der Waals surface area contributed by atoms with E-state index in [4.69, 9.17) is 0 Å². The van der Waals surface area contributed by atoms with Gasteiger partial charge in [-0.1, -0.05) is 87.9 Å². The third-order valence-electron chi connectivity index (χ3n) is 5.39. The molecule has 5 nitrogen and oxygen atoms in total. The minimum Gasteiger partial charge on any atom is -0.347 e. The van der Waals surface area contributed by atoms with Gasteiger partial charge in [0.2, 0.25) is 5.91 Å². The van der Waals surface area contributed by atoms with Crippen molar-refractivity contribution in [2.24, 2.45) is 0 Å². The molecule has 0 aromatic heterocycles. The molecule has 1 aliphatic rings. The number of amides is 2. The molecule has 0 spiro atoms. The van der Waals surface area contributed by atoms with Crippen molar-refractivity contribution in [3.05, 3.63) is 111 Å². The minimum atomic E-state index is -0.500. The predicted octanol–water partition coefficient (Wildman–Crippen LogP) is 5.50. The highest BCUT2D eigenvalue weighted by Crippen LogP contribution is 2.42. The number of nitrogens with zero attached hydrogens (tertiary/aromatic N) is 2. The Balaban J connectivity index is 1.67. The van der Waals surface area contributed by atoms with E-state index >= 15 is 0 Å². The minimum absolute atomic E-state index is 0.0658. The molecular weight excluding hydrogens is 510 g/mol. The van der Waals surface area contributed by atoms with E-state index in [1.807, 2.05) is 73.7 Å². The number of nitrogens with one attached hydrogen (secondary N) is 1. The summed E-state index contributed by atoms with van der Waals surface area (Å²) in [6.07, 6.45) is 0.506. The molecule has 34 heavy (non-hydrogen) atoms. The summed E-state index contributed by atoms with van der Waals surface area (Å²) in [7, 11) is 0. The summed E-state index contributed by atoms with van der Waals surface area (Å²) >= 11 is 4.69. The number of anilines is 1. The molecule has 0 unspecified atom stereocenters. The van der Waals surface area contributed by atoms with Gasteiger partial charge >= 0.3 is 0 Å². The number of benzene rings is 3. The molecule has 0 saturated carbocycles. The zero-order chi connectivity index (χ0) is 24.1. The average Bonchev–Trinajstić information content (AvgIpc) is 3.15. The first-order valence-corrected chi connectivity index (χ1v) is 12.4. The van der Waals surface area contributed by atoms with Crippen LogP contribution in [0.5, 0.6) is 0 Å². The first-order valence-electron chi connectivity index (χ1n) is 10.7. The van der Waals surface area contributed by atoms with Crippen molar-refractivity contribution in [1.82, 2.24) is 5.32 Å². The highest BCUT2D eigenvalue weighted by molar-refractivity contribution is 9.10. The van der Waals surface area contributed by atoms with Crippen LogP contribution in [0.15, 0.2) is 93.9 Å². The topological polar surface area (TPSA) is 73.2 Å². The molecule has 1 N–H and O–H groups in total. The van der Waals surface area contributed by atoms with E-state index in [0.717, 1.165) is 21.2 Å². The van der Waals surface area contributed by atoms with Crippen molar-refractivity contribution < 1.29 is 9.59 Å². The Morgan fingerprint density at radius 3 is 2.44 bits per heavy atom. The molecule has 4 rings (SSSR count). The zero-order valence-electron chi connectivity index (χ0n) is 18.5. The zero-order valence-corrected chi connectivity index (χ0v) is 20.9. The van der Waals surface area contributed by atoms with Gasteiger partial charge in [-0.15, -0.1) is 0 Å². The van der Waals surface area contributed by atoms with Crippen LogP contribution in [0.3, 0.4) is 0 Å². The lowest BCUT2D eigenvalue weighted by molar-refractivity contribution is -0.117. The number of halogens is 1. The van der Waals surface area contributed by atoms with Crippen LogP contribution in [-0.4, -0.2) is 17.1 Å². The highest BCUT2D eigenvalue weighted by atomic mass is 79.9. The molecule has 0 bridgehead atoms. The van der Waals surface area contributed by atoms with E-state index in [0.29, 0.717) is 23.7 Å². The molecule has 1 fully saturated rings. The molecule has 7 heteroatoms. The maximum atomic E-state index is 13.5. The largest absolute Gasteiger partial charge is 0.347 e. The van der Waals surface area contributed by atoms with Gasteiger partial charge in [-0.25, -0.2) is 0 Å². The number of thioether (sulfide) groups is 1. The number of nitriles is 1. The van der Waals surface area contributed by atoms with Crippen molar-refractivity contribution in [2.75, 3.05) is 4.90 Å². The lowest BCUT2D eigenvalue weighted by Crippen LogP contribution is -2.32. The summed E-state index contributed by atoms with van der Waals surface area (Å²) in [6, 6.07) is 26.8. The molecule has 0 radical (unpaired) electrons. The number of carbonyl (C=O) groups is 2. The number of hydrogen-bond acceptors (Lipinski definition) is 4. The van der Waals surface area contributed by atoms with Crippen LogP contribution < -0.4 is 10.2 Å². The molecule has 0 aliphatic carbocycles. The lowest BCUT2D eigenvalue weighted by Gasteiger charge is -2.19. The molecule has 3 aromatic carbocycles. The summed E-state index contributed by atoms with van der Waals surface area (Å²) in [5, 5.41) is 12.7. The van der Waals surface area contributed by atoms with Crippen LogP contribution in [0, 0.1) is 18.3 Å². The van der Waals surface area contributed by atoms with Gasteiger partial charge in [0.25, 0.3) is 5.91 Å². The fourth-order valence-corrected chi connectivity index (χ4v) is 5.30. The number of aryl methyl sites for hydroxylation is 1. The van der Waals surface area contributed by atoms with Crippen LogP contribution in [0.25, 0.3) is 0 Å². The van der Waals surface area contributed by atoms with Crippen LogP contribution in [-0.2, 0) is 22.6 Å². The predicted molar refractivity (Wildman–Crippen MR) is 139 cm³/mol. The van der Waals surface area contributed by atoms with Gasteiger partial charge in [-0.05, 0) is 48.7 Å². The van der Waals surface area contributed by atoms with Gasteiger partial charge in [0.05, 0.1) is 5.25 Å². The van der Waals surface area contributed by atoms with E-state index in [-0.39, 0.29) is 11.5 Å². The molecule has 1 aliphatic heterocycles. The van der Waals surface area contributed by atoms with Crippen molar-refractivity contribution in [1.29, 1.82) is 5.26 Å². The fourth-order valence-electron chi connectivity index (χ4n) is 3.73. The van der Waals surface area contributed by atoms with E-state index in [1.54, 1.807) is 12.1 Å². The highest BCUT2D eigenvalue weighted by Gasteiger charge is 2.40. The van der Waals surface area contributed by atoms with Crippen molar-refractivity contribution >= 4 is 45.2 Å². The van der Waals surface area contributed by atoms with E-state index in [2.05, 4.69) is 27.3 Å². The first-order chi connectivity index (χ1) is 16.5. The van der Waals surface area contributed by atoms with Gasteiger partial charge in [-0.2, -0.15) is 5.26 Å². The van der Waals surface area contributed by atoms with Crippen LogP contribution in [0.1, 0.15) is 16.7 Å². The van der Waals surface area contributed by atoms with E-state index in [1.165, 1.54) is 16.7 Å². The molecule has 1 saturated heterocycles. The van der Waals surface area contributed by atoms with Gasteiger partial charge in [0.1, 0.15) is 16.7 Å². The van der Waals surface area contributed by atoms with Gasteiger partial charge in [0.15, 0.2) is 0 Å². The van der Waals surface area contributed by atoms with Gasteiger partial charge in [-0.3, -0.25) is 14.5 Å². The Labute approximate surface area is 211 Å². The summed E-state index contributed by atoms with van der Waals surface area (Å²) in [5.74, 6) is -0.646. The second kappa shape index (κ2) is 10.7. The van der Waals surface area contributed by atoms with Gasteiger partial charge in [0, 0.05) is 16.7 Å². The normalized spacial score (nSPS) is 16.8. The smallest absolute Gasteiger partial charge is 0.264 e. The monoisotopic (exact) mass is 531 g/mol. The molecule has 1 heterocycles. The summed E-state index contributed by atoms with van der Waals surface area (Å²) in [4.78, 5) is 28.1. The molecule has 1 atom stereocenters. The summed E-state index contributed by atoms with van der Waals surface area (Å²) < 4.78 is 0.874. The molecule has 170 valence electrons. The number of rotatable bonds is 6. The van der Waals surface area contributed by atoms with Crippen LogP contribution in [0.4, 0.5) is 5.69 Å². The van der Waals surface area contributed by atoms with Crippen molar-refractivity contribution in [2.45, 2.75) is 25.1 Å². The second-order valence-electron chi connectivity index (χ2n) is 7.91. The van der Waals surface area contributed by atoms with Crippen LogP contribution in [0.2, 0.25) is 0 Å². The lowest BCUT2D eigenvalue weighted by atomic mass is 10.1. The van der Waals surface area contributed by atoms with Crippen molar-refractivity contribution in [3.8, 4) is 6.07 Å². The number of carbonyl (C=O) groups excluding carboxylic acids is 2. The van der Waals surface area contributed by atoms with E-state index in [9.17, 15) is 14.9 Å². The second-order valence-corrected chi connectivity index (χ2v) is 10.0. The molecule has 2 amide bonds. The first kappa shape index (κ1) is 23.8. The Morgan fingerprint density at radius 2 is 1.76 bits per heavy atom. The Kier molecular flexibility index (Phi) is 7.51. The Bertz CT molecular complexity index is 1280. The standard InChI is InChI=1S/C27H22BrN3O2S/c1-18-6-5-9-20(14-18)15-24-26(33)31(22-12-10-21(28)11-13-22)27(34-24)23(16-29)25(32)30-17-19-7-3-2-4-8-19/h2-14,24H,15,17H2,1H3,(H,30,32)/b27-23-/t24-/m1/s1. The maximum absolute atomic E-state index is 13.5. The van der Waals surface area contributed by atoms with E-state index < -0.39 is 11.2 Å². The Morgan fingerprint density at radius 1 is 1.06 bits per heavy atom.